The van der Waals surface area contributed by atoms with Gasteiger partial charge in [-0.15, -0.1) is 0 Å². The summed E-state index contributed by atoms with van der Waals surface area (Å²) >= 11 is 0. The van der Waals surface area contributed by atoms with Gasteiger partial charge in [0.1, 0.15) is 0 Å². The van der Waals surface area contributed by atoms with Gasteiger partial charge in [-0.25, -0.2) is 0 Å². The van der Waals surface area contributed by atoms with Crippen molar-refractivity contribution >= 4 is 0 Å². The normalized spacial score (nSPS) is 27.8. The molecule has 0 amide bonds. The maximum absolute atomic E-state index is 3.56. The first-order valence-corrected chi connectivity index (χ1v) is 5.12. The van der Waals surface area contributed by atoms with Crippen LogP contribution >= 0.6 is 0 Å². The molecule has 0 bridgehead atoms. The minimum Gasteiger partial charge on any atom is -0.388 e. The Kier molecular flexibility index (Phi) is 1.90. The SMILES string of the molecule is CC1(C)CCC2=C(C1)NCCC2. The van der Waals surface area contributed by atoms with Crippen LogP contribution in [0.1, 0.15) is 46.0 Å². The van der Waals surface area contributed by atoms with Gasteiger partial charge in [0, 0.05) is 12.2 Å². The predicted octanol–water partition coefficient (Wildman–Crippen LogP) is 2.83. The zero-order valence-electron chi connectivity index (χ0n) is 8.24. The molecule has 1 heteroatoms. The average molecular weight is 165 g/mol. The molecular formula is C11H19N. The van der Waals surface area contributed by atoms with Crippen LogP contribution in [-0.2, 0) is 0 Å². The molecule has 0 radical (unpaired) electrons. The Hall–Kier alpha value is -0.460. The van der Waals surface area contributed by atoms with E-state index < -0.39 is 0 Å². The maximum atomic E-state index is 3.56. The van der Waals surface area contributed by atoms with Crippen molar-refractivity contribution in [3.8, 4) is 0 Å². The Labute approximate surface area is 75.2 Å². The van der Waals surface area contributed by atoms with E-state index in [2.05, 4.69) is 19.2 Å². The fraction of sp³-hybridized carbons (Fsp3) is 0.818. The monoisotopic (exact) mass is 165 g/mol. The Balaban J connectivity index is 2.16. The summed E-state index contributed by atoms with van der Waals surface area (Å²) in [6, 6.07) is 0. The third kappa shape index (κ3) is 1.50. The summed E-state index contributed by atoms with van der Waals surface area (Å²) in [5, 5.41) is 3.56. The van der Waals surface area contributed by atoms with Crippen LogP contribution in [0.25, 0.3) is 0 Å². The zero-order chi connectivity index (χ0) is 8.60. The lowest BCUT2D eigenvalue weighted by Gasteiger charge is -2.36. The van der Waals surface area contributed by atoms with Crippen molar-refractivity contribution in [1.82, 2.24) is 5.32 Å². The van der Waals surface area contributed by atoms with E-state index in [1.165, 1.54) is 38.6 Å². The highest BCUT2D eigenvalue weighted by Gasteiger charge is 2.27. The van der Waals surface area contributed by atoms with Crippen LogP contribution in [0.4, 0.5) is 0 Å². The smallest absolute Gasteiger partial charge is 0.0147 e. The van der Waals surface area contributed by atoms with Gasteiger partial charge in [-0.1, -0.05) is 19.4 Å². The Morgan fingerprint density at radius 2 is 2.08 bits per heavy atom. The highest BCUT2D eigenvalue weighted by molar-refractivity contribution is 5.20. The highest BCUT2D eigenvalue weighted by atomic mass is 14.9. The fourth-order valence-electron chi connectivity index (χ4n) is 2.34. The Bertz CT molecular complexity index is 213. The molecule has 1 aliphatic carbocycles. The summed E-state index contributed by atoms with van der Waals surface area (Å²) in [6.07, 6.45) is 6.71. The summed E-state index contributed by atoms with van der Waals surface area (Å²) in [7, 11) is 0. The summed E-state index contributed by atoms with van der Waals surface area (Å²) in [5.41, 5.74) is 3.85. The van der Waals surface area contributed by atoms with Crippen molar-refractivity contribution in [2.75, 3.05) is 6.54 Å². The lowest BCUT2D eigenvalue weighted by atomic mass is 9.75. The second-order valence-corrected chi connectivity index (χ2v) is 4.95. The first-order valence-electron chi connectivity index (χ1n) is 5.12. The van der Waals surface area contributed by atoms with Gasteiger partial charge >= 0.3 is 0 Å². The molecule has 0 saturated heterocycles. The largest absolute Gasteiger partial charge is 0.388 e. The quantitative estimate of drug-likeness (QED) is 0.582. The molecule has 0 spiro atoms. The first-order chi connectivity index (χ1) is 5.67. The van der Waals surface area contributed by atoms with E-state index in [0.717, 1.165) is 0 Å². The molecule has 0 saturated carbocycles. The lowest BCUT2D eigenvalue weighted by Crippen LogP contribution is -2.30. The zero-order valence-corrected chi connectivity index (χ0v) is 8.24. The van der Waals surface area contributed by atoms with Gasteiger partial charge in [0.2, 0.25) is 0 Å². The van der Waals surface area contributed by atoms with Crippen molar-refractivity contribution < 1.29 is 0 Å². The minimum absolute atomic E-state index is 0.545. The molecule has 0 aromatic rings. The summed E-state index contributed by atoms with van der Waals surface area (Å²) in [4.78, 5) is 0. The van der Waals surface area contributed by atoms with E-state index in [-0.39, 0.29) is 0 Å². The van der Waals surface area contributed by atoms with Gasteiger partial charge < -0.3 is 5.32 Å². The van der Waals surface area contributed by atoms with Crippen molar-refractivity contribution in [1.29, 1.82) is 0 Å². The molecule has 1 nitrogen and oxygen atoms in total. The molecule has 0 aromatic heterocycles. The van der Waals surface area contributed by atoms with E-state index in [0.29, 0.717) is 5.41 Å². The molecule has 0 atom stereocenters. The highest BCUT2D eigenvalue weighted by Crippen LogP contribution is 2.39. The van der Waals surface area contributed by atoms with Crippen LogP contribution in [0, 0.1) is 5.41 Å². The van der Waals surface area contributed by atoms with E-state index in [1.54, 1.807) is 11.3 Å². The minimum atomic E-state index is 0.545. The maximum Gasteiger partial charge on any atom is 0.0147 e. The number of hydrogen-bond acceptors (Lipinski definition) is 1. The molecule has 12 heavy (non-hydrogen) atoms. The molecule has 1 aliphatic heterocycles. The predicted molar refractivity (Wildman–Crippen MR) is 51.9 cm³/mol. The van der Waals surface area contributed by atoms with Gasteiger partial charge in [0.15, 0.2) is 0 Å². The van der Waals surface area contributed by atoms with Gasteiger partial charge in [-0.3, -0.25) is 0 Å². The average Bonchev–Trinajstić information content (AvgIpc) is 2.02. The van der Waals surface area contributed by atoms with Crippen LogP contribution in [0.5, 0.6) is 0 Å². The van der Waals surface area contributed by atoms with E-state index >= 15 is 0 Å². The second kappa shape index (κ2) is 2.79. The number of allylic oxidation sites excluding steroid dienone is 2. The summed E-state index contributed by atoms with van der Waals surface area (Å²) in [6.45, 7) is 5.97. The van der Waals surface area contributed by atoms with E-state index in [1.807, 2.05) is 0 Å². The third-order valence-electron chi connectivity index (χ3n) is 3.18. The van der Waals surface area contributed by atoms with Crippen LogP contribution in [0.3, 0.4) is 0 Å². The van der Waals surface area contributed by atoms with Crippen molar-refractivity contribution in [3.05, 3.63) is 11.3 Å². The molecule has 68 valence electrons. The Morgan fingerprint density at radius 1 is 1.25 bits per heavy atom. The Morgan fingerprint density at radius 3 is 2.92 bits per heavy atom. The van der Waals surface area contributed by atoms with Crippen molar-refractivity contribution in [2.45, 2.75) is 46.0 Å². The topological polar surface area (TPSA) is 12.0 Å². The summed E-state index contributed by atoms with van der Waals surface area (Å²) < 4.78 is 0. The number of nitrogens with one attached hydrogen (secondary N) is 1. The van der Waals surface area contributed by atoms with Crippen molar-refractivity contribution in [2.24, 2.45) is 5.41 Å². The van der Waals surface area contributed by atoms with Crippen LogP contribution < -0.4 is 5.32 Å². The van der Waals surface area contributed by atoms with Crippen molar-refractivity contribution in [3.63, 3.8) is 0 Å². The van der Waals surface area contributed by atoms with E-state index in [9.17, 15) is 0 Å². The number of hydrogen-bond donors (Lipinski definition) is 1. The van der Waals surface area contributed by atoms with Gasteiger partial charge in [-0.05, 0) is 37.5 Å². The fourth-order valence-corrected chi connectivity index (χ4v) is 2.34. The van der Waals surface area contributed by atoms with Crippen LogP contribution in [-0.4, -0.2) is 6.54 Å². The molecule has 2 rings (SSSR count). The third-order valence-corrected chi connectivity index (χ3v) is 3.18. The summed E-state index contributed by atoms with van der Waals surface area (Å²) in [5.74, 6) is 0. The standard InChI is InChI=1S/C11H19N/c1-11(2)6-5-9-4-3-7-12-10(9)8-11/h12H,3-8H2,1-2H3. The van der Waals surface area contributed by atoms with Gasteiger partial charge in [0.25, 0.3) is 0 Å². The van der Waals surface area contributed by atoms with Crippen LogP contribution in [0.2, 0.25) is 0 Å². The molecule has 0 aromatic carbocycles. The first kappa shape index (κ1) is 8.15. The molecule has 0 unspecified atom stereocenters. The van der Waals surface area contributed by atoms with Gasteiger partial charge in [-0.2, -0.15) is 0 Å². The lowest BCUT2D eigenvalue weighted by molar-refractivity contribution is 0.295. The molecule has 1 heterocycles. The van der Waals surface area contributed by atoms with Gasteiger partial charge in [0.05, 0.1) is 0 Å². The number of rotatable bonds is 0. The second-order valence-electron chi connectivity index (χ2n) is 4.95. The molecule has 0 fully saturated rings. The van der Waals surface area contributed by atoms with E-state index in [4.69, 9.17) is 0 Å². The van der Waals surface area contributed by atoms with Crippen LogP contribution in [0.15, 0.2) is 11.3 Å². The molecule has 1 N–H and O–H groups in total. The molecule has 2 aliphatic rings. The molecular weight excluding hydrogens is 146 g/mol.